The topological polar surface area (TPSA) is 52.0 Å². The number of nitrogens with two attached hydrogens (primary N) is 2. The van der Waals surface area contributed by atoms with Crippen LogP contribution in [0.15, 0.2) is 18.2 Å². The van der Waals surface area contributed by atoms with E-state index in [0.717, 1.165) is 0 Å². The van der Waals surface area contributed by atoms with Crippen LogP contribution < -0.4 is 11.5 Å². The Bertz CT molecular complexity index is 383. The summed E-state index contributed by atoms with van der Waals surface area (Å²) in [5.41, 5.74) is 8.06. The van der Waals surface area contributed by atoms with Crippen molar-refractivity contribution in [3.63, 3.8) is 0 Å². The molecule has 0 aromatic heterocycles. The first-order chi connectivity index (χ1) is 7.76. The van der Waals surface area contributed by atoms with Crippen molar-refractivity contribution in [1.29, 1.82) is 0 Å². The minimum absolute atomic E-state index is 0.114. The molecule has 96 valence electrons. The van der Waals surface area contributed by atoms with Gasteiger partial charge < -0.3 is 11.5 Å². The van der Waals surface area contributed by atoms with Crippen LogP contribution in [0, 0.1) is 0 Å². The van der Waals surface area contributed by atoms with Crippen molar-refractivity contribution < 1.29 is 13.2 Å². The Morgan fingerprint density at radius 2 is 1.35 bits per heavy atom. The minimum Gasteiger partial charge on any atom is -0.329 e. The maximum absolute atomic E-state index is 13.1. The Balaban J connectivity index is 3.42. The average Bonchev–Trinajstić information content (AvgIpc) is 2.16. The van der Waals surface area contributed by atoms with Gasteiger partial charge in [0.25, 0.3) is 0 Å². The highest BCUT2D eigenvalue weighted by Crippen LogP contribution is 2.41. The number of halogens is 5. The lowest BCUT2D eigenvalue weighted by molar-refractivity contribution is -0.185. The Morgan fingerprint density at radius 1 is 0.941 bits per heavy atom. The smallest absolute Gasteiger partial charge is 0.329 e. The Labute approximate surface area is 107 Å². The molecule has 0 aliphatic carbocycles. The quantitative estimate of drug-likeness (QED) is 0.898. The molecule has 2 nitrogen and oxygen atoms in total. The van der Waals surface area contributed by atoms with Crippen LogP contribution in [-0.2, 0) is 5.41 Å². The van der Waals surface area contributed by atoms with Gasteiger partial charge in [0, 0.05) is 23.1 Å². The summed E-state index contributed by atoms with van der Waals surface area (Å²) in [6.07, 6.45) is -4.56. The highest BCUT2D eigenvalue weighted by Gasteiger charge is 2.54. The molecule has 4 N–H and O–H groups in total. The van der Waals surface area contributed by atoms with E-state index in [0.29, 0.717) is 0 Å². The molecule has 1 rings (SSSR count). The summed E-state index contributed by atoms with van der Waals surface area (Å²) in [7, 11) is 0. The summed E-state index contributed by atoms with van der Waals surface area (Å²) >= 11 is 11.4. The van der Waals surface area contributed by atoms with Crippen LogP contribution in [0.2, 0.25) is 10.0 Å². The number of benzene rings is 1. The molecule has 0 fully saturated rings. The molecule has 0 aliphatic rings. The molecule has 0 heterocycles. The van der Waals surface area contributed by atoms with E-state index in [1.165, 1.54) is 18.2 Å². The highest BCUT2D eigenvalue weighted by atomic mass is 35.5. The first-order valence-corrected chi connectivity index (χ1v) is 5.46. The SMILES string of the molecule is NCC(CN)(c1cc(Cl)cc(Cl)c1)C(F)(F)F. The summed E-state index contributed by atoms with van der Waals surface area (Å²) < 4.78 is 39.2. The highest BCUT2D eigenvalue weighted by molar-refractivity contribution is 6.34. The van der Waals surface area contributed by atoms with Crippen molar-refractivity contribution in [2.24, 2.45) is 11.5 Å². The number of alkyl halides is 3. The van der Waals surface area contributed by atoms with Gasteiger partial charge in [-0.3, -0.25) is 0 Å². The van der Waals surface area contributed by atoms with Gasteiger partial charge in [-0.2, -0.15) is 13.2 Å². The van der Waals surface area contributed by atoms with E-state index in [-0.39, 0.29) is 15.6 Å². The summed E-state index contributed by atoms with van der Waals surface area (Å²) in [5.74, 6) is 0. The van der Waals surface area contributed by atoms with E-state index >= 15 is 0 Å². The van der Waals surface area contributed by atoms with E-state index in [4.69, 9.17) is 34.7 Å². The second-order valence-corrected chi connectivity index (χ2v) is 4.52. The number of rotatable bonds is 3. The van der Waals surface area contributed by atoms with Gasteiger partial charge in [0.2, 0.25) is 0 Å². The van der Waals surface area contributed by atoms with Crippen LogP contribution in [-0.4, -0.2) is 19.3 Å². The molecule has 0 saturated heterocycles. The molecule has 1 aromatic carbocycles. The van der Waals surface area contributed by atoms with Gasteiger partial charge in [0.1, 0.15) is 5.41 Å². The Morgan fingerprint density at radius 3 is 1.65 bits per heavy atom. The monoisotopic (exact) mass is 286 g/mol. The summed E-state index contributed by atoms with van der Waals surface area (Å²) in [4.78, 5) is 0. The summed E-state index contributed by atoms with van der Waals surface area (Å²) in [6, 6.07) is 3.71. The normalized spacial score (nSPS) is 12.9. The molecule has 0 aliphatic heterocycles. The molecule has 1 aromatic rings. The van der Waals surface area contributed by atoms with Crippen LogP contribution in [0.4, 0.5) is 13.2 Å². The largest absolute Gasteiger partial charge is 0.400 e. The van der Waals surface area contributed by atoms with Gasteiger partial charge in [-0.05, 0) is 23.8 Å². The van der Waals surface area contributed by atoms with E-state index in [1.54, 1.807) is 0 Å². The molecular formula is C10H11Cl2F3N2. The van der Waals surface area contributed by atoms with Gasteiger partial charge in [-0.25, -0.2) is 0 Å². The fraction of sp³-hybridized carbons (Fsp3) is 0.400. The molecule has 0 unspecified atom stereocenters. The second kappa shape index (κ2) is 5.02. The lowest BCUT2D eigenvalue weighted by atomic mass is 9.80. The van der Waals surface area contributed by atoms with Crippen molar-refractivity contribution in [3.8, 4) is 0 Å². The zero-order valence-corrected chi connectivity index (χ0v) is 10.2. The lowest BCUT2D eigenvalue weighted by Crippen LogP contribution is -2.53. The third-order valence-corrected chi connectivity index (χ3v) is 3.09. The maximum atomic E-state index is 13.1. The van der Waals surface area contributed by atoms with Crippen molar-refractivity contribution in [1.82, 2.24) is 0 Å². The standard InChI is InChI=1S/C10H11Cl2F3N2/c11-7-1-6(2-8(12)3-7)9(4-16,5-17)10(13,14)15/h1-3H,4-5,16-17H2. The third-order valence-electron chi connectivity index (χ3n) is 2.65. The van der Waals surface area contributed by atoms with Gasteiger partial charge >= 0.3 is 6.18 Å². The lowest BCUT2D eigenvalue weighted by Gasteiger charge is -2.34. The van der Waals surface area contributed by atoms with E-state index in [9.17, 15) is 13.2 Å². The van der Waals surface area contributed by atoms with Crippen LogP contribution in [0.3, 0.4) is 0 Å². The minimum atomic E-state index is -4.56. The molecule has 0 spiro atoms. The molecule has 0 amide bonds. The van der Waals surface area contributed by atoms with Crippen LogP contribution >= 0.6 is 23.2 Å². The number of hydrogen-bond donors (Lipinski definition) is 2. The van der Waals surface area contributed by atoms with Crippen LogP contribution in [0.25, 0.3) is 0 Å². The molecule has 0 radical (unpaired) electrons. The molecule has 0 saturated carbocycles. The predicted molar refractivity (Wildman–Crippen MR) is 62.3 cm³/mol. The third kappa shape index (κ3) is 2.68. The van der Waals surface area contributed by atoms with Gasteiger partial charge in [0.05, 0.1) is 0 Å². The van der Waals surface area contributed by atoms with Crippen LogP contribution in [0.1, 0.15) is 5.56 Å². The van der Waals surface area contributed by atoms with Crippen molar-refractivity contribution in [3.05, 3.63) is 33.8 Å². The van der Waals surface area contributed by atoms with Gasteiger partial charge in [-0.15, -0.1) is 0 Å². The Hall–Kier alpha value is -0.490. The van der Waals surface area contributed by atoms with Crippen molar-refractivity contribution >= 4 is 23.2 Å². The fourth-order valence-electron chi connectivity index (χ4n) is 1.54. The van der Waals surface area contributed by atoms with E-state index in [1.807, 2.05) is 0 Å². The van der Waals surface area contributed by atoms with Gasteiger partial charge in [-0.1, -0.05) is 23.2 Å². The molecule has 17 heavy (non-hydrogen) atoms. The van der Waals surface area contributed by atoms with E-state index in [2.05, 4.69) is 0 Å². The summed E-state index contributed by atoms with van der Waals surface area (Å²) in [6.45, 7) is -1.33. The predicted octanol–water partition coefficient (Wildman–Crippen LogP) is 2.71. The second-order valence-electron chi connectivity index (χ2n) is 3.65. The molecule has 7 heteroatoms. The van der Waals surface area contributed by atoms with Gasteiger partial charge in [0.15, 0.2) is 0 Å². The van der Waals surface area contributed by atoms with E-state index < -0.39 is 24.7 Å². The maximum Gasteiger partial charge on any atom is 0.400 e. The summed E-state index contributed by atoms with van der Waals surface area (Å²) in [5, 5.41) is 0.228. The first kappa shape index (κ1) is 14.6. The molecule has 0 bridgehead atoms. The van der Waals surface area contributed by atoms with Crippen molar-refractivity contribution in [2.75, 3.05) is 13.1 Å². The fourth-order valence-corrected chi connectivity index (χ4v) is 2.07. The molecule has 0 atom stereocenters. The van der Waals surface area contributed by atoms with Crippen LogP contribution in [0.5, 0.6) is 0 Å². The zero-order chi connectivity index (χ0) is 13.3. The molecular weight excluding hydrogens is 276 g/mol. The average molecular weight is 287 g/mol. The first-order valence-electron chi connectivity index (χ1n) is 4.70. The van der Waals surface area contributed by atoms with Crippen molar-refractivity contribution in [2.45, 2.75) is 11.6 Å². The number of hydrogen-bond acceptors (Lipinski definition) is 2. The Kier molecular flexibility index (Phi) is 4.30. The zero-order valence-electron chi connectivity index (χ0n) is 8.69.